The van der Waals surface area contributed by atoms with Gasteiger partial charge in [0.05, 0.1) is 26.4 Å². The Morgan fingerprint density at radius 3 is 1.32 bits per heavy atom. The summed E-state index contributed by atoms with van der Waals surface area (Å²) in [6.45, 7) is 12.7. The molecule has 0 aromatic heterocycles. The van der Waals surface area contributed by atoms with E-state index in [-0.39, 0.29) is 0 Å². The molecule has 0 aromatic rings. The molecule has 0 atom stereocenters. The van der Waals surface area contributed by atoms with E-state index >= 15 is 0 Å². The van der Waals surface area contributed by atoms with Gasteiger partial charge in [-0.15, -0.1) is 0 Å². The molecular weight excluding hydrogens is 332 g/mol. The highest BCUT2D eigenvalue weighted by atomic mass is 28.4. The first-order valence-corrected chi connectivity index (χ1v) is 12.9. The highest BCUT2D eigenvalue weighted by Gasteiger charge is 2.36. The van der Waals surface area contributed by atoms with Gasteiger partial charge in [0, 0.05) is 13.2 Å². The van der Waals surface area contributed by atoms with Crippen molar-refractivity contribution >= 4 is 8.56 Å². The normalized spacial score (nSPS) is 12.0. The van der Waals surface area contributed by atoms with Gasteiger partial charge in [0.1, 0.15) is 0 Å². The molecule has 0 aliphatic rings. The van der Waals surface area contributed by atoms with E-state index in [9.17, 15) is 0 Å². The highest BCUT2D eigenvalue weighted by Crippen LogP contribution is 2.26. The summed E-state index contributed by atoms with van der Waals surface area (Å²) in [5.41, 5.74) is 0. The summed E-state index contributed by atoms with van der Waals surface area (Å²) in [7, 11) is -2.16. The molecule has 0 bridgehead atoms. The van der Waals surface area contributed by atoms with Crippen molar-refractivity contribution < 1.29 is 18.3 Å². The Hall–Kier alpha value is 0.0569. The Morgan fingerprint density at radius 1 is 0.520 bits per heavy atom. The number of hydrogen-bond acceptors (Lipinski definition) is 4. The summed E-state index contributed by atoms with van der Waals surface area (Å²) < 4.78 is 23.8. The molecule has 0 unspecified atom stereocenters. The maximum absolute atomic E-state index is 6.41. The van der Waals surface area contributed by atoms with Crippen LogP contribution in [0.15, 0.2) is 0 Å². The standard InChI is InChI=1S/C20H44O4Si/c1-5-9-11-13-19-25(20-14-12-10-6-2,23-17-15-21-7-3)24-18-16-22-8-4/h5-20H2,1-4H3. The quantitative estimate of drug-likeness (QED) is 0.202. The first kappa shape index (κ1) is 25.1. The van der Waals surface area contributed by atoms with Gasteiger partial charge < -0.3 is 18.3 Å². The van der Waals surface area contributed by atoms with E-state index in [0.717, 1.165) is 25.3 Å². The van der Waals surface area contributed by atoms with Gasteiger partial charge in [-0.3, -0.25) is 0 Å². The minimum atomic E-state index is -2.16. The minimum Gasteiger partial charge on any atom is -0.392 e. The van der Waals surface area contributed by atoms with E-state index in [4.69, 9.17) is 18.3 Å². The van der Waals surface area contributed by atoms with Crippen LogP contribution in [-0.2, 0) is 18.3 Å². The van der Waals surface area contributed by atoms with Gasteiger partial charge in [-0.1, -0.05) is 65.2 Å². The van der Waals surface area contributed by atoms with Crippen LogP contribution < -0.4 is 0 Å². The fraction of sp³-hybridized carbons (Fsp3) is 1.00. The molecule has 0 saturated heterocycles. The SMILES string of the molecule is CCCCCC[Si](CCCCCC)(OCCOCC)OCCOCC. The minimum absolute atomic E-state index is 0.663. The number of ether oxygens (including phenoxy) is 2. The van der Waals surface area contributed by atoms with Crippen LogP contribution in [-0.4, -0.2) is 48.2 Å². The predicted octanol–water partition coefficient (Wildman–Crippen LogP) is 5.70. The van der Waals surface area contributed by atoms with Crippen molar-refractivity contribution in [1.82, 2.24) is 0 Å². The largest absolute Gasteiger partial charge is 0.392 e. The molecule has 0 saturated carbocycles. The molecule has 0 aliphatic carbocycles. The van der Waals surface area contributed by atoms with Crippen molar-refractivity contribution in [2.75, 3.05) is 39.6 Å². The maximum atomic E-state index is 6.41. The second-order valence-electron chi connectivity index (χ2n) is 6.62. The number of unbranched alkanes of at least 4 members (excludes halogenated alkanes) is 6. The van der Waals surface area contributed by atoms with E-state index in [1.165, 1.54) is 51.4 Å². The molecule has 0 aromatic carbocycles. The summed E-state index contributed by atoms with van der Waals surface area (Å²) in [5.74, 6) is 0. The van der Waals surface area contributed by atoms with E-state index < -0.39 is 8.56 Å². The molecule has 4 nitrogen and oxygen atoms in total. The molecule has 0 fully saturated rings. The van der Waals surface area contributed by atoms with E-state index in [0.29, 0.717) is 26.4 Å². The van der Waals surface area contributed by atoms with Gasteiger partial charge in [-0.2, -0.15) is 0 Å². The molecule has 0 rings (SSSR count). The van der Waals surface area contributed by atoms with Gasteiger partial charge in [0.2, 0.25) is 0 Å². The van der Waals surface area contributed by atoms with E-state index in [1.54, 1.807) is 0 Å². The van der Waals surface area contributed by atoms with Gasteiger partial charge in [0.25, 0.3) is 0 Å². The van der Waals surface area contributed by atoms with Gasteiger partial charge in [-0.25, -0.2) is 0 Å². The second-order valence-corrected chi connectivity index (χ2v) is 10.0. The third kappa shape index (κ3) is 14.9. The summed E-state index contributed by atoms with van der Waals surface area (Å²) >= 11 is 0. The molecule has 0 radical (unpaired) electrons. The summed E-state index contributed by atoms with van der Waals surface area (Å²) in [4.78, 5) is 0. The van der Waals surface area contributed by atoms with Gasteiger partial charge in [0.15, 0.2) is 0 Å². The smallest absolute Gasteiger partial charge is 0.338 e. The molecule has 0 amide bonds. The zero-order chi connectivity index (χ0) is 18.6. The number of rotatable bonds is 20. The highest BCUT2D eigenvalue weighted by molar-refractivity contribution is 6.67. The first-order chi connectivity index (χ1) is 12.2. The van der Waals surface area contributed by atoms with E-state index in [2.05, 4.69) is 13.8 Å². The van der Waals surface area contributed by atoms with Crippen molar-refractivity contribution in [3.05, 3.63) is 0 Å². The Balaban J connectivity index is 4.62. The Morgan fingerprint density at radius 2 is 0.960 bits per heavy atom. The van der Waals surface area contributed by atoms with Crippen LogP contribution in [0.2, 0.25) is 12.1 Å². The van der Waals surface area contributed by atoms with Crippen LogP contribution in [0.4, 0.5) is 0 Å². The third-order valence-corrected chi connectivity index (χ3v) is 8.11. The van der Waals surface area contributed by atoms with Crippen molar-refractivity contribution in [2.24, 2.45) is 0 Å². The Bertz CT molecular complexity index is 211. The predicted molar refractivity (Wildman–Crippen MR) is 109 cm³/mol. The lowest BCUT2D eigenvalue weighted by Gasteiger charge is -2.31. The average Bonchev–Trinajstić information content (AvgIpc) is 2.63. The second kappa shape index (κ2) is 18.8. The van der Waals surface area contributed by atoms with Crippen LogP contribution >= 0.6 is 0 Å². The van der Waals surface area contributed by atoms with Crippen molar-refractivity contribution in [1.29, 1.82) is 0 Å². The molecule has 25 heavy (non-hydrogen) atoms. The zero-order valence-electron chi connectivity index (χ0n) is 17.4. The third-order valence-electron chi connectivity index (χ3n) is 4.42. The lowest BCUT2D eigenvalue weighted by atomic mass is 10.2. The Kier molecular flexibility index (Phi) is 18.9. The monoisotopic (exact) mass is 376 g/mol. The van der Waals surface area contributed by atoms with Crippen molar-refractivity contribution in [2.45, 2.75) is 91.1 Å². The molecule has 0 spiro atoms. The van der Waals surface area contributed by atoms with Crippen LogP contribution in [0.25, 0.3) is 0 Å². The van der Waals surface area contributed by atoms with Crippen molar-refractivity contribution in [3.63, 3.8) is 0 Å². The zero-order valence-corrected chi connectivity index (χ0v) is 18.4. The molecule has 0 N–H and O–H groups in total. The van der Waals surface area contributed by atoms with Gasteiger partial charge >= 0.3 is 8.56 Å². The fourth-order valence-electron chi connectivity index (χ4n) is 2.96. The fourth-order valence-corrected chi connectivity index (χ4v) is 6.36. The summed E-state index contributed by atoms with van der Waals surface area (Å²) in [5, 5.41) is 0. The average molecular weight is 377 g/mol. The van der Waals surface area contributed by atoms with Crippen LogP contribution in [0.3, 0.4) is 0 Å². The number of hydrogen-bond donors (Lipinski definition) is 0. The summed E-state index contributed by atoms with van der Waals surface area (Å²) in [6.07, 6.45) is 10.1. The molecular formula is C20H44O4Si. The topological polar surface area (TPSA) is 36.9 Å². The lowest BCUT2D eigenvalue weighted by Crippen LogP contribution is -2.44. The van der Waals surface area contributed by atoms with Crippen LogP contribution in [0.5, 0.6) is 0 Å². The Labute approximate surface area is 158 Å². The molecule has 0 aliphatic heterocycles. The van der Waals surface area contributed by atoms with E-state index in [1.807, 2.05) is 13.8 Å². The lowest BCUT2D eigenvalue weighted by molar-refractivity contribution is 0.0637. The molecule has 5 heteroatoms. The van der Waals surface area contributed by atoms with Crippen LogP contribution in [0.1, 0.15) is 79.1 Å². The van der Waals surface area contributed by atoms with Gasteiger partial charge in [-0.05, 0) is 25.9 Å². The molecule has 0 heterocycles. The van der Waals surface area contributed by atoms with Crippen LogP contribution in [0, 0.1) is 0 Å². The maximum Gasteiger partial charge on any atom is 0.338 e. The molecule has 152 valence electrons. The summed E-state index contributed by atoms with van der Waals surface area (Å²) in [6, 6.07) is 2.22. The first-order valence-electron chi connectivity index (χ1n) is 10.7. The van der Waals surface area contributed by atoms with Crippen molar-refractivity contribution in [3.8, 4) is 0 Å².